The molecule has 20 heavy (non-hydrogen) atoms. The fourth-order valence-corrected chi connectivity index (χ4v) is 1.85. The summed E-state index contributed by atoms with van der Waals surface area (Å²) in [5, 5.41) is 14.4. The number of hydrogen-bond acceptors (Lipinski definition) is 3. The number of aromatic nitrogens is 1. The van der Waals surface area contributed by atoms with Gasteiger partial charge in [-0.05, 0) is 30.7 Å². The van der Waals surface area contributed by atoms with Crippen LogP contribution < -0.4 is 14.8 Å². The maximum Gasteiger partial charge on any atom is 0.379 e. The normalized spacial score (nSPS) is 10.1. The molecule has 0 aliphatic rings. The lowest BCUT2D eigenvalue weighted by Gasteiger charge is -2.09. The largest absolute Gasteiger partial charge is 0.616 e. The molecule has 1 aromatic heterocycles. The summed E-state index contributed by atoms with van der Waals surface area (Å²) in [5.41, 5.74) is 1.51. The number of nitrogens with one attached hydrogen (secondary N) is 1. The molecule has 104 valence electrons. The van der Waals surface area contributed by atoms with Crippen LogP contribution in [-0.2, 0) is 4.79 Å². The van der Waals surface area contributed by atoms with Gasteiger partial charge in [0, 0.05) is 6.07 Å². The first kappa shape index (κ1) is 14.1. The van der Waals surface area contributed by atoms with Gasteiger partial charge in [-0.15, -0.1) is 4.73 Å². The Morgan fingerprint density at radius 1 is 1.40 bits per heavy atom. The Bertz CT molecular complexity index is 632. The van der Waals surface area contributed by atoms with E-state index in [0.29, 0.717) is 15.4 Å². The Morgan fingerprint density at radius 3 is 2.90 bits per heavy atom. The molecular weight excluding hydrogens is 280 g/mol. The summed E-state index contributed by atoms with van der Waals surface area (Å²) in [6.45, 7) is 1.64. The summed E-state index contributed by atoms with van der Waals surface area (Å²) in [4.78, 5) is 11.7. The minimum absolute atomic E-state index is 0.0673. The van der Waals surface area contributed by atoms with Crippen LogP contribution in [0.4, 0.5) is 5.69 Å². The fraction of sp³-hybridized carbons (Fsp3) is 0.143. The van der Waals surface area contributed by atoms with Gasteiger partial charge in [-0.2, -0.15) is 0 Å². The number of nitrogens with zero attached hydrogens (tertiary/aromatic N) is 1. The smallest absolute Gasteiger partial charge is 0.379 e. The molecule has 0 saturated heterocycles. The van der Waals surface area contributed by atoms with Crippen molar-refractivity contribution in [3.8, 4) is 5.88 Å². The molecule has 0 spiro atoms. The highest BCUT2D eigenvalue weighted by atomic mass is 35.5. The van der Waals surface area contributed by atoms with Gasteiger partial charge >= 0.3 is 5.88 Å². The van der Waals surface area contributed by atoms with Crippen LogP contribution in [0.15, 0.2) is 42.6 Å². The lowest BCUT2D eigenvalue weighted by atomic mass is 10.2. The summed E-state index contributed by atoms with van der Waals surface area (Å²) in [6, 6.07) is 10.0. The van der Waals surface area contributed by atoms with Crippen LogP contribution in [0.25, 0.3) is 0 Å². The van der Waals surface area contributed by atoms with Gasteiger partial charge in [0.15, 0.2) is 12.8 Å². The standard InChI is InChI=1S/C14H13ClN2O3/c1-10-5-6-12(11(15)8-10)16-13(18)9-20-14-4-2-3-7-17(14)19/h2-8H,9H2,1H3,(H,16,18). The van der Waals surface area contributed by atoms with Crippen LogP contribution >= 0.6 is 11.6 Å². The van der Waals surface area contributed by atoms with Crippen molar-refractivity contribution >= 4 is 23.2 Å². The number of anilines is 1. The van der Waals surface area contributed by atoms with Gasteiger partial charge in [0.1, 0.15) is 0 Å². The number of benzene rings is 1. The minimum atomic E-state index is -0.389. The zero-order valence-electron chi connectivity index (χ0n) is 10.8. The lowest BCUT2D eigenvalue weighted by Crippen LogP contribution is -2.30. The minimum Gasteiger partial charge on any atom is -0.616 e. The SMILES string of the molecule is Cc1ccc(NC(=O)COc2cccc[n+]2[O-])c(Cl)c1. The second-order valence-corrected chi connectivity index (χ2v) is 4.59. The number of amides is 1. The number of carbonyl (C=O) groups is 1. The number of carbonyl (C=O) groups excluding carboxylic acids is 1. The molecule has 0 aliphatic heterocycles. The Kier molecular flexibility index (Phi) is 4.42. The van der Waals surface area contributed by atoms with E-state index >= 15 is 0 Å². The van der Waals surface area contributed by atoms with Crippen molar-refractivity contribution in [1.29, 1.82) is 0 Å². The van der Waals surface area contributed by atoms with E-state index < -0.39 is 0 Å². The van der Waals surface area contributed by atoms with E-state index in [0.717, 1.165) is 5.56 Å². The van der Waals surface area contributed by atoms with Crippen LogP contribution in [0.1, 0.15) is 5.56 Å². The topological polar surface area (TPSA) is 65.3 Å². The van der Waals surface area contributed by atoms with E-state index in [9.17, 15) is 10.0 Å². The number of rotatable bonds is 4. The summed E-state index contributed by atoms with van der Waals surface area (Å²) < 4.78 is 5.68. The van der Waals surface area contributed by atoms with Crippen LogP contribution in [0.3, 0.4) is 0 Å². The maximum atomic E-state index is 11.7. The first-order chi connectivity index (χ1) is 9.56. The lowest BCUT2D eigenvalue weighted by molar-refractivity contribution is -0.612. The van der Waals surface area contributed by atoms with Crippen molar-refractivity contribution in [1.82, 2.24) is 0 Å². The van der Waals surface area contributed by atoms with E-state index in [1.54, 1.807) is 24.3 Å². The zero-order valence-corrected chi connectivity index (χ0v) is 11.6. The van der Waals surface area contributed by atoms with Gasteiger partial charge in [-0.3, -0.25) is 4.79 Å². The van der Waals surface area contributed by atoms with E-state index in [2.05, 4.69) is 5.32 Å². The Hall–Kier alpha value is -2.27. The van der Waals surface area contributed by atoms with E-state index in [-0.39, 0.29) is 18.4 Å². The average molecular weight is 293 g/mol. The van der Waals surface area contributed by atoms with E-state index in [1.165, 1.54) is 12.3 Å². The van der Waals surface area contributed by atoms with Crippen molar-refractivity contribution in [3.63, 3.8) is 0 Å². The number of halogens is 1. The van der Waals surface area contributed by atoms with E-state index in [4.69, 9.17) is 16.3 Å². The highest BCUT2D eigenvalue weighted by Gasteiger charge is 2.10. The monoisotopic (exact) mass is 292 g/mol. The molecule has 1 aromatic carbocycles. The van der Waals surface area contributed by atoms with Crippen molar-refractivity contribution < 1.29 is 14.3 Å². The molecule has 0 fully saturated rings. The fourth-order valence-electron chi connectivity index (χ4n) is 1.57. The third-order valence-corrected chi connectivity index (χ3v) is 2.85. The Labute approximate surface area is 121 Å². The number of pyridine rings is 1. The Morgan fingerprint density at radius 2 is 2.20 bits per heavy atom. The quantitative estimate of drug-likeness (QED) is 0.694. The first-order valence-corrected chi connectivity index (χ1v) is 6.31. The molecule has 0 radical (unpaired) electrons. The number of aryl methyl sites for hydroxylation is 1. The molecule has 5 nitrogen and oxygen atoms in total. The zero-order chi connectivity index (χ0) is 14.5. The molecule has 0 atom stereocenters. The molecule has 0 aliphatic carbocycles. The molecular formula is C14H13ClN2O3. The van der Waals surface area contributed by atoms with Crippen molar-refractivity contribution in [2.45, 2.75) is 6.92 Å². The predicted octanol–water partition coefficient (Wildman–Crippen LogP) is 2.30. The van der Waals surface area contributed by atoms with Gasteiger partial charge in [0.2, 0.25) is 0 Å². The molecule has 2 rings (SSSR count). The Balaban J connectivity index is 1.94. The number of ether oxygens (including phenoxy) is 1. The predicted molar refractivity (Wildman–Crippen MR) is 75.7 cm³/mol. The highest BCUT2D eigenvalue weighted by molar-refractivity contribution is 6.33. The van der Waals surface area contributed by atoms with Gasteiger partial charge in [-0.25, -0.2) is 0 Å². The molecule has 1 heterocycles. The van der Waals surface area contributed by atoms with Gasteiger partial charge in [0.25, 0.3) is 5.91 Å². The summed E-state index contributed by atoms with van der Waals surface area (Å²) in [6.07, 6.45) is 1.30. The first-order valence-electron chi connectivity index (χ1n) is 5.93. The molecule has 2 aromatic rings. The third-order valence-electron chi connectivity index (χ3n) is 2.54. The highest BCUT2D eigenvalue weighted by Crippen LogP contribution is 2.22. The van der Waals surface area contributed by atoms with Crippen molar-refractivity contribution in [3.05, 3.63) is 58.4 Å². The van der Waals surface area contributed by atoms with Crippen LogP contribution in [-0.4, -0.2) is 12.5 Å². The second kappa shape index (κ2) is 6.25. The summed E-state index contributed by atoms with van der Waals surface area (Å²) in [5.74, 6) is -0.322. The van der Waals surface area contributed by atoms with Gasteiger partial charge in [0.05, 0.1) is 16.8 Å². The van der Waals surface area contributed by atoms with Gasteiger partial charge in [-0.1, -0.05) is 17.7 Å². The van der Waals surface area contributed by atoms with Gasteiger partial charge < -0.3 is 15.3 Å². The number of hydrogen-bond donors (Lipinski definition) is 1. The van der Waals surface area contributed by atoms with Crippen LogP contribution in [0, 0.1) is 12.1 Å². The third kappa shape index (κ3) is 3.61. The molecule has 0 saturated carbocycles. The summed E-state index contributed by atoms with van der Waals surface area (Å²) >= 11 is 6.01. The molecule has 0 unspecified atom stereocenters. The molecule has 6 heteroatoms. The van der Waals surface area contributed by atoms with Crippen LogP contribution in [0.2, 0.25) is 5.02 Å². The molecule has 1 amide bonds. The maximum absolute atomic E-state index is 11.7. The van der Waals surface area contributed by atoms with Crippen LogP contribution in [0.5, 0.6) is 5.88 Å². The van der Waals surface area contributed by atoms with E-state index in [1.807, 2.05) is 13.0 Å². The van der Waals surface area contributed by atoms with Crippen molar-refractivity contribution in [2.24, 2.45) is 0 Å². The molecule has 0 bridgehead atoms. The second-order valence-electron chi connectivity index (χ2n) is 4.18. The summed E-state index contributed by atoms with van der Waals surface area (Å²) in [7, 11) is 0. The average Bonchev–Trinajstić information content (AvgIpc) is 2.41. The van der Waals surface area contributed by atoms with Crippen molar-refractivity contribution in [2.75, 3.05) is 11.9 Å². The molecule has 1 N–H and O–H groups in total.